The molecule has 0 fully saturated rings. The number of aliphatic carboxylic acids is 1. The van der Waals surface area contributed by atoms with Gasteiger partial charge in [0.1, 0.15) is 11.0 Å². The molecule has 0 aliphatic carbocycles. The second-order valence-corrected chi connectivity index (χ2v) is 11.3. The number of ether oxygens (including phenoxy) is 1. The van der Waals surface area contributed by atoms with Crippen molar-refractivity contribution in [1.29, 1.82) is 0 Å². The number of carboxylic acids is 1. The zero-order chi connectivity index (χ0) is 26.3. The van der Waals surface area contributed by atoms with Gasteiger partial charge in [0.25, 0.3) is 0 Å². The summed E-state index contributed by atoms with van der Waals surface area (Å²) in [5.41, 5.74) is 2.75. The fourth-order valence-electron chi connectivity index (χ4n) is 4.91. The van der Waals surface area contributed by atoms with Crippen LogP contribution in [-0.4, -0.2) is 37.5 Å². The number of nitrogens with one attached hydrogen (secondary N) is 1. The van der Waals surface area contributed by atoms with Gasteiger partial charge in [-0.25, -0.2) is 9.50 Å². The Morgan fingerprint density at radius 3 is 2.19 bits per heavy atom. The molecule has 3 aromatic rings. The third-order valence-corrected chi connectivity index (χ3v) is 8.10. The number of hydrogen-bond donors (Lipinski definition) is 2. The molecule has 1 atom stereocenters. The smallest absolute Gasteiger partial charge is 0.304 e. The maximum atomic E-state index is 11.2. The Labute approximate surface area is 226 Å². The summed E-state index contributed by atoms with van der Waals surface area (Å²) in [6.07, 6.45) is 19.2. The number of H-pyrrole nitrogens is 1. The van der Waals surface area contributed by atoms with Crippen molar-refractivity contribution in [2.24, 2.45) is 0 Å². The number of carbonyl (C=O) groups is 1. The van der Waals surface area contributed by atoms with Crippen LogP contribution in [0, 0.1) is 0 Å². The van der Waals surface area contributed by atoms with Gasteiger partial charge in [-0.1, -0.05) is 96.6 Å². The Morgan fingerprint density at radius 1 is 0.946 bits per heavy atom. The van der Waals surface area contributed by atoms with E-state index < -0.39 is 5.97 Å². The number of para-hydroxylation sites is 2. The summed E-state index contributed by atoms with van der Waals surface area (Å²) in [5.74, 6) is 0.441. The second-order valence-electron chi connectivity index (χ2n) is 10.2. The van der Waals surface area contributed by atoms with Gasteiger partial charge >= 0.3 is 5.97 Å². The maximum Gasteiger partial charge on any atom is 0.304 e. The molecule has 206 valence electrons. The third kappa shape index (κ3) is 9.59. The summed E-state index contributed by atoms with van der Waals surface area (Å²) in [4.78, 5) is 16.9. The molecule has 0 saturated heterocycles. The number of carboxylic acid groups (broad SMARTS) is 1. The molecule has 6 nitrogen and oxygen atoms in total. The van der Waals surface area contributed by atoms with Gasteiger partial charge in [0.05, 0.1) is 17.5 Å². The van der Waals surface area contributed by atoms with E-state index in [1.165, 1.54) is 95.2 Å². The normalized spacial score (nSPS) is 12.5. The molecule has 2 heterocycles. The molecule has 2 aromatic heterocycles. The first-order valence-corrected chi connectivity index (χ1v) is 15.6. The van der Waals surface area contributed by atoms with Crippen molar-refractivity contribution < 1.29 is 14.6 Å². The predicted octanol–water partition coefficient (Wildman–Crippen LogP) is 9.02. The van der Waals surface area contributed by atoms with Gasteiger partial charge in [0, 0.05) is 5.75 Å². The van der Waals surface area contributed by atoms with Gasteiger partial charge < -0.3 is 9.84 Å². The largest absolute Gasteiger partial charge is 0.481 e. The summed E-state index contributed by atoms with van der Waals surface area (Å²) in [6, 6.07) is 8.05. The van der Waals surface area contributed by atoms with E-state index in [9.17, 15) is 4.79 Å². The highest BCUT2D eigenvalue weighted by molar-refractivity contribution is 7.99. The average molecular weight is 530 g/mol. The van der Waals surface area contributed by atoms with Crippen LogP contribution >= 0.6 is 11.8 Å². The van der Waals surface area contributed by atoms with Gasteiger partial charge in [0.2, 0.25) is 5.88 Å². The first kappa shape index (κ1) is 29.4. The van der Waals surface area contributed by atoms with Crippen LogP contribution in [0.15, 0.2) is 29.2 Å². The number of rotatable bonds is 21. The van der Waals surface area contributed by atoms with Crippen LogP contribution in [0.1, 0.15) is 117 Å². The number of thioether (sulfide) groups is 1. The Hall–Kier alpha value is -2.15. The van der Waals surface area contributed by atoms with Gasteiger partial charge in [-0.3, -0.25) is 9.89 Å². The molecule has 0 aliphatic rings. The first-order valence-electron chi connectivity index (χ1n) is 14.6. The highest BCUT2D eigenvalue weighted by Gasteiger charge is 2.21. The number of nitrogens with zero attached hydrogens (tertiary/aromatic N) is 2. The van der Waals surface area contributed by atoms with E-state index in [1.807, 2.05) is 28.8 Å². The fraction of sp³-hybridized carbons (Fsp3) is 0.667. The number of aromatic amines is 1. The van der Waals surface area contributed by atoms with Crippen molar-refractivity contribution in [3.8, 4) is 5.88 Å². The Morgan fingerprint density at radius 2 is 1.54 bits per heavy atom. The molecule has 0 amide bonds. The van der Waals surface area contributed by atoms with E-state index in [2.05, 4.69) is 18.9 Å². The topological polar surface area (TPSA) is 79.6 Å². The molecule has 0 bridgehead atoms. The standard InChI is InChI=1S/C30H47N3O3S/c1-3-5-7-9-10-11-12-13-15-19-24(18-14-8-6-4-2)36-30-28(37-23-22-27(34)35)29-31-25-20-16-17-21-26(25)33(29)32-30/h16-17,20-21,24,32H,3-15,18-19,22-23H2,1-2H3,(H,34,35). The summed E-state index contributed by atoms with van der Waals surface area (Å²) >= 11 is 1.52. The minimum Gasteiger partial charge on any atom is -0.481 e. The van der Waals surface area contributed by atoms with Crippen LogP contribution in [0.25, 0.3) is 16.7 Å². The Bertz CT molecular complexity index is 1060. The lowest BCUT2D eigenvalue weighted by Gasteiger charge is -2.19. The molecule has 0 aliphatic heterocycles. The molecule has 7 heteroatoms. The zero-order valence-corrected chi connectivity index (χ0v) is 23.8. The lowest BCUT2D eigenvalue weighted by molar-refractivity contribution is -0.136. The SMILES string of the molecule is CCCCCCCCCCCC(CCCCCC)Oc1[nH]n2c(nc3ccccc32)c1SCCC(=O)O. The highest BCUT2D eigenvalue weighted by atomic mass is 32.2. The van der Waals surface area contributed by atoms with Gasteiger partial charge in [-0.05, 0) is 37.8 Å². The van der Waals surface area contributed by atoms with E-state index in [0.717, 1.165) is 40.3 Å². The first-order chi connectivity index (χ1) is 18.1. The quantitative estimate of drug-likeness (QED) is 0.106. The summed E-state index contributed by atoms with van der Waals surface area (Å²) in [5, 5.41) is 12.6. The Kier molecular flexibility index (Phi) is 13.2. The van der Waals surface area contributed by atoms with Crippen LogP contribution in [0.4, 0.5) is 0 Å². The van der Waals surface area contributed by atoms with Gasteiger partial charge in [0.15, 0.2) is 5.65 Å². The molecule has 3 rings (SSSR count). The van der Waals surface area contributed by atoms with Crippen molar-refractivity contribution in [1.82, 2.24) is 14.6 Å². The number of fused-ring (bicyclic) bond motifs is 3. The van der Waals surface area contributed by atoms with E-state index in [0.29, 0.717) is 5.75 Å². The average Bonchev–Trinajstić information content (AvgIpc) is 3.41. The number of hydrogen-bond acceptors (Lipinski definition) is 4. The molecule has 0 saturated carbocycles. The van der Waals surface area contributed by atoms with Crippen LogP contribution in [0.5, 0.6) is 5.88 Å². The predicted molar refractivity (Wildman–Crippen MR) is 155 cm³/mol. The molecular weight excluding hydrogens is 482 g/mol. The van der Waals surface area contributed by atoms with Crippen molar-refractivity contribution >= 4 is 34.4 Å². The Balaban J connectivity index is 1.65. The second kappa shape index (κ2) is 16.6. The van der Waals surface area contributed by atoms with Crippen molar-refractivity contribution in [3.05, 3.63) is 24.3 Å². The highest BCUT2D eigenvalue weighted by Crippen LogP contribution is 2.36. The zero-order valence-electron chi connectivity index (χ0n) is 23.0. The molecule has 2 N–H and O–H groups in total. The minimum absolute atomic E-state index is 0.112. The summed E-state index contributed by atoms with van der Waals surface area (Å²) in [6.45, 7) is 4.52. The molecule has 1 aromatic carbocycles. The minimum atomic E-state index is -0.783. The molecule has 0 spiro atoms. The third-order valence-electron chi connectivity index (χ3n) is 7.04. The number of imidazole rings is 1. The monoisotopic (exact) mass is 529 g/mol. The number of aromatic nitrogens is 3. The van der Waals surface area contributed by atoms with E-state index in [-0.39, 0.29) is 12.5 Å². The van der Waals surface area contributed by atoms with Crippen LogP contribution in [0.3, 0.4) is 0 Å². The lowest BCUT2D eigenvalue weighted by atomic mass is 10.0. The molecule has 1 unspecified atom stereocenters. The van der Waals surface area contributed by atoms with Crippen molar-refractivity contribution in [2.75, 3.05) is 5.75 Å². The fourth-order valence-corrected chi connectivity index (χ4v) is 5.88. The van der Waals surface area contributed by atoms with Crippen molar-refractivity contribution in [3.63, 3.8) is 0 Å². The summed E-state index contributed by atoms with van der Waals surface area (Å²) in [7, 11) is 0. The maximum absolute atomic E-state index is 11.2. The number of unbranched alkanes of at least 4 members (excludes halogenated alkanes) is 11. The lowest BCUT2D eigenvalue weighted by Crippen LogP contribution is -2.17. The number of benzene rings is 1. The van der Waals surface area contributed by atoms with Gasteiger partial charge in [-0.15, -0.1) is 11.8 Å². The van der Waals surface area contributed by atoms with Gasteiger partial charge in [-0.2, -0.15) is 0 Å². The molecule has 37 heavy (non-hydrogen) atoms. The van der Waals surface area contributed by atoms with Crippen LogP contribution in [-0.2, 0) is 4.79 Å². The van der Waals surface area contributed by atoms with Crippen LogP contribution in [0.2, 0.25) is 0 Å². The van der Waals surface area contributed by atoms with E-state index >= 15 is 0 Å². The van der Waals surface area contributed by atoms with E-state index in [4.69, 9.17) is 14.8 Å². The molecular formula is C30H47N3O3S. The van der Waals surface area contributed by atoms with E-state index in [1.54, 1.807) is 0 Å². The van der Waals surface area contributed by atoms with Crippen LogP contribution < -0.4 is 4.74 Å². The summed E-state index contributed by atoms with van der Waals surface area (Å²) < 4.78 is 8.65. The van der Waals surface area contributed by atoms with Crippen molar-refractivity contribution in [2.45, 2.75) is 128 Å². The molecule has 0 radical (unpaired) electrons.